The van der Waals surface area contributed by atoms with Crippen molar-refractivity contribution in [1.82, 2.24) is 0 Å². The first-order valence-electron chi connectivity index (χ1n) is 22.3. The zero-order valence-corrected chi connectivity index (χ0v) is 37.8. The van der Waals surface area contributed by atoms with Crippen LogP contribution in [-0.4, -0.2) is 0 Å². The van der Waals surface area contributed by atoms with Crippen LogP contribution in [0.2, 0.25) is 0 Å². The van der Waals surface area contributed by atoms with Gasteiger partial charge in [0.1, 0.15) is 0 Å². The predicted octanol–water partition coefficient (Wildman–Crippen LogP) is 16.6. The fraction of sp³-hybridized carbons (Fsp3) is 0.322. The normalized spacial score (nSPS) is 12.2. The molecule has 0 aliphatic heterocycles. The summed E-state index contributed by atoms with van der Waals surface area (Å²) in [5.74, 6) is 1.84. The van der Waals surface area contributed by atoms with Gasteiger partial charge in [-0.25, -0.2) is 0 Å². The Morgan fingerprint density at radius 3 is 0.932 bits per heavy atom. The third-order valence-corrected chi connectivity index (χ3v) is 13.5. The van der Waals surface area contributed by atoms with Gasteiger partial charge in [0.05, 0.1) is 0 Å². The molecule has 0 heteroatoms. The Morgan fingerprint density at radius 1 is 0.271 bits per heavy atom. The van der Waals surface area contributed by atoms with Crippen LogP contribution in [0.4, 0.5) is 0 Å². The second-order valence-corrected chi connectivity index (χ2v) is 19.1. The van der Waals surface area contributed by atoms with Gasteiger partial charge in [-0.2, -0.15) is 0 Å². The summed E-state index contributed by atoms with van der Waals surface area (Å²) in [6, 6.07) is 43.4. The van der Waals surface area contributed by atoms with Crippen LogP contribution >= 0.6 is 0 Å². The van der Waals surface area contributed by atoms with Gasteiger partial charge in [-0.1, -0.05) is 165 Å². The van der Waals surface area contributed by atoms with E-state index in [0.29, 0.717) is 23.7 Å². The predicted molar refractivity (Wildman–Crippen MR) is 256 cm³/mol. The molecule has 0 unspecified atom stereocenters. The molecule has 0 aromatic heterocycles. The number of hydrogen-bond acceptors (Lipinski definition) is 0. The summed E-state index contributed by atoms with van der Waals surface area (Å²) in [6.45, 7) is 27.7. The van der Waals surface area contributed by atoms with Crippen LogP contribution in [0.1, 0.15) is 157 Å². The van der Waals surface area contributed by atoms with E-state index in [1.165, 1.54) is 122 Å². The van der Waals surface area contributed by atoms with Gasteiger partial charge in [0.2, 0.25) is 0 Å². The second kappa shape index (κ2) is 16.1. The number of rotatable bonds is 10. The van der Waals surface area contributed by atoms with E-state index in [-0.39, 0.29) is 0 Å². The first-order chi connectivity index (χ1) is 28.2. The van der Waals surface area contributed by atoms with Crippen molar-refractivity contribution in [1.29, 1.82) is 0 Å². The summed E-state index contributed by atoms with van der Waals surface area (Å²) >= 11 is 0. The van der Waals surface area contributed by atoms with E-state index in [9.17, 15) is 0 Å². The highest BCUT2D eigenvalue weighted by Crippen LogP contribution is 2.45. The Morgan fingerprint density at radius 2 is 0.576 bits per heavy atom. The first-order valence-corrected chi connectivity index (χ1v) is 22.3. The van der Waals surface area contributed by atoms with Crippen molar-refractivity contribution in [2.45, 2.75) is 126 Å². The van der Waals surface area contributed by atoms with Gasteiger partial charge in [0.15, 0.2) is 0 Å². The minimum absolute atomic E-state index is 0.441. The Labute approximate surface area is 356 Å². The Balaban J connectivity index is 1.29. The Kier molecular flexibility index (Phi) is 11.1. The average molecular weight is 773 g/mol. The minimum Gasteiger partial charge on any atom is -0.0587 e. The van der Waals surface area contributed by atoms with Crippen LogP contribution < -0.4 is 0 Å². The van der Waals surface area contributed by atoms with E-state index in [1.807, 2.05) is 0 Å². The molecule has 0 atom stereocenters. The highest BCUT2D eigenvalue weighted by atomic mass is 14.3. The SMILES string of the molecule is Cc1ccc(C(C)C)cc2c(Cc3cc(Cc4cc(Cc5ccc6c(C)ccc(C(C)C)cc5-6)c5c(C)ccc(C(C)C)cc4-5)c4c(C)ccc(C(C)C)cc3-4)ccc1-2. The molecule has 0 radical (unpaired) electrons. The molecule has 59 heavy (non-hydrogen) atoms. The summed E-state index contributed by atoms with van der Waals surface area (Å²) in [4.78, 5) is 0. The van der Waals surface area contributed by atoms with Crippen LogP contribution in [-0.2, 0) is 19.3 Å². The molecule has 0 N–H and O–H groups in total. The van der Waals surface area contributed by atoms with E-state index < -0.39 is 0 Å². The Hall–Kier alpha value is -5.20. The van der Waals surface area contributed by atoms with Crippen molar-refractivity contribution in [2.75, 3.05) is 0 Å². The molecule has 0 amide bonds. The third kappa shape index (κ3) is 7.73. The molecule has 0 heterocycles. The largest absolute Gasteiger partial charge is 0.0587 e. The maximum absolute atomic E-state index is 2.58. The lowest BCUT2D eigenvalue weighted by atomic mass is 9.94. The molecular formula is C59H64. The second-order valence-electron chi connectivity index (χ2n) is 19.1. The smallest absolute Gasteiger partial charge is 0.00131 e. The third-order valence-electron chi connectivity index (χ3n) is 13.5. The minimum atomic E-state index is 0.441. The maximum Gasteiger partial charge on any atom is -0.00131 e. The first kappa shape index (κ1) is 40.6. The van der Waals surface area contributed by atoms with Gasteiger partial charge < -0.3 is 0 Å². The highest BCUT2D eigenvalue weighted by Gasteiger charge is 2.26. The van der Waals surface area contributed by atoms with E-state index >= 15 is 0 Å². The maximum atomic E-state index is 2.58. The van der Waals surface area contributed by atoms with Crippen molar-refractivity contribution in [3.8, 4) is 44.5 Å². The van der Waals surface area contributed by atoms with Crippen LogP contribution in [0.3, 0.4) is 0 Å². The van der Waals surface area contributed by atoms with Crippen molar-refractivity contribution in [3.63, 3.8) is 0 Å². The summed E-state index contributed by atoms with van der Waals surface area (Å²) < 4.78 is 0. The van der Waals surface area contributed by atoms with Gasteiger partial charge in [0, 0.05) is 0 Å². The molecule has 0 spiro atoms. The molecule has 0 saturated carbocycles. The fourth-order valence-corrected chi connectivity index (χ4v) is 9.77. The van der Waals surface area contributed by atoms with Gasteiger partial charge in [-0.15, -0.1) is 0 Å². The molecule has 300 valence electrons. The topological polar surface area (TPSA) is 0 Å². The van der Waals surface area contributed by atoms with E-state index in [0.717, 1.165) is 19.3 Å². The summed E-state index contributed by atoms with van der Waals surface area (Å²) in [7, 11) is 0. The lowest BCUT2D eigenvalue weighted by Gasteiger charge is -2.10. The summed E-state index contributed by atoms with van der Waals surface area (Å²) in [5, 5.41) is 0. The van der Waals surface area contributed by atoms with E-state index in [2.05, 4.69) is 192 Å². The molecule has 0 fully saturated rings. The lowest BCUT2D eigenvalue weighted by Crippen LogP contribution is -1.91. The van der Waals surface area contributed by atoms with Crippen molar-refractivity contribution in [3.05, 3.63) is 187 Å². The van der Waals surface area contributed by atoms with Gasteiger partial charge in [-0.3, -0.25) is 0 Å². The quantitative estimate of drug-likeness (QED) is 0.130. The fourth-order valence-electron chi connectivity index (χ4n) is 9.77. The van der Waals surface area contributed by atoms with Gasteiger partial charge in [-0.05, 0) is 193 Å². The molecule has 8 aliphatic rings. The molecule has 8 rings (SSSR count). The van der Waals surface area contributed by atoms with Crippen LogP contribution in [0.25, 0.3) is 44.5 Å². The molecule has 0 saturated heterocycles. The summed E-state index contributed by atoms with van der Waals surface area (Å²) in [5.41, 5.74) is 30.8. The molecule has 8 aliphatic carbocycles. The van der Waals surface area contributed by atoms with Crippen molar-refractivity contribution in [2.24, 2.45) is 0 Å². The van der Waals surface area contributed by atoms with E-state index in [4.69, 9.17) is 0 Å². The van der Waals surface area contributed by atoms with Crippen LogP contribution in [0.15, 0.2) is 109 Å². The highest BCUT2D eigenvalue weighted by molar-refractivity contribution is 5.84. The number of fused-ring (bicyclic) bond motifs is 4. The van der Waals surface area contributed by atoms with Gasteiger partial charge >= 0.3 is 0 Å². The van der Waals surface area contributed by atoms with E-state index in [1.54, 1.807) is 0 Å². The van der Waals surface area contributed by atoms with Gasteiger partial charge in [0.25, 0.3) is 0 Å². The number of aryl methyl sites for hydroxylation is 4. The molecule has 0 bridgehead atoms. The molecule has 0 aromatic rings. The van der Waals surface area contributed by atoms with Crippen LogP contribution in [0, 0.1) is 27.7 Å². The molecule has 0 nitrogen and oxygen atoms in total. The molecular weight excluding hydrogens is 709 g/mol. The average Bonchev–Trinajstić information content (AvgIpc) is 3.81. The number of hydrogen-bond donors (Lipinski definition) is 0. The zero-order chi connectivity index (χ0) is 41.9. The Bertz CT molecular complexity index is 2670. The molecule has 0 aromatic carbocycles. The van der Waals surface area contributed by atoms with Crippen molar-refractivity contribution < 1.29 is 0 Å². The monoisotopic (exact) mass is 773 g/mol. The van der Waals surface area contributed by atoms with Crippen molar-refractivity contribution >= 4 is 0 Å². The standard InChI is InChI=1S/C59H64/c1-34(2)42-17-13-38(9)52-23-21-46(54(52)30-42)25-48-27-51(59-41(12)16-20-44(36(5)6)32-56(48)59)29-49-28-50(58-40(11)15-19-45(37(7)8)33-57(49)58)26-47-22-24-53-39(10)14-18-43(35(3)4)31-55(47)53/h13-24,27-28,30-37H,25-26,29H2,1-12H3. The lowest BCUT2D eigenvalue weighted by molar-refractivity contribution is 0.868. The van der Waals surface area contributed by atoms with Crippen LogP contribution in [0.5, 0.6) is 0 Å². The zero-order valence-electron chi connectivity index (χ0n) is 37.8. The summed E-state index contributed by atoms with van der Waals surface area (Å²) in [6.07, 6.45) is 2.73.